The summed E-state index contributed by atoms with van der Waals surface area (Å²) in [4.78, 5) is 0. The van der Waals surface area contributed by atoms with Crippen LogP contribution in [0.25, 0.3) is 0 Å². The number of aromatic nitrogens is 2. The van der Waals surface area contributed by atoms with Crippen molar-refractivity contribution in [1.82, 2.24) is 15.5 Å². The zero-order chi connectivity index (χ0) is 14.5. The lowest BCUT2D eigenvalue weighted by molar-refractivity contribution is 0.247. The van der Waals surface area contributed by atoms with E-state index in [-0.39, 0.29) is 12.6 Å². The molecular weight excluding hydrogens is 258 g/mol. The van der Waals surface area contributed by atoms with Crippen molar-refractivity contribution < 1.29 is 13.9 Å². The Bertz CT molecular complexity index is 569. The van der Waals surface area contributed by atoms with Gasteiger partial charge >= 0.3 is 0 Å². The lowest BCUT2D eigenvalue weighted by Crippen LogP contribution is -2.12. The fraction of sp³-hybridized carbons (Fsp3) is 0.429. The molecule has 2 aromatic rings. The predicted molar refractivity (Wildman–Crippen MR) is 73.8 cm³/mol. The van der Waals surface area contributed by atoms with Crippen molar-refractivity contribution in [3.63, 3.8) is 0 Å². The number of nitrogens with one attached hydrogen (secondary N) is 1. The molecule has 0 aliphatic heterocycles. The molecule has 0 bridgehead atoms. The first-order valence-electron chi connectivity index (χ1n) is 6.41. The van der Waals surface area contributed by atoms with E-state index >= 15 is 0 Å². The maximum Gasteiger partial charge on any atom is 0.253 e. The Morgan fingerprint density at radius 2 is 2.10 bits per heavy atom. The van der Waals surface area contributed by atoms with E-state index in [1.165, 1.54) is 0 Å². The van der Waals surface area contributed by atoms with Crippen LogP contribution in [0.3, 0.4) is 0 Å². The number of hydrogen-bond acceptors (Lipinski definition) is 6. The smallest absolute Gasteiger partial charge is 0.253 e. The number of hydrogen-bond donors (Lipinski definition) is 1. The van der Waals surface area contributed by atoms with Gasteiger partial charge in [-0.15, -0.1) is 10.2 Å². The van der Waals surface area contributed by atoms with Crippen LogP contribution >= 0.6 is 0 Å². The first-order chi connectivity index (χ1) is 9.63. The molecule has 6 heteroatoms. The zero-order valence-electron chi connectivity index (χ0n) is 12.1. The number of methoxy groups -OCH3 is 1. The molecule has 1 N–H and O–H groups in total. The fourth-order valence-corrected chi connectivity index (χ4v) is 1.77. The summed E-state index contributed by atoms with van der Waals surface area (Å²) < 4.78 is 16.3. The number of aryl methyl sites for hydroxylation is 1. The average Bonchev–Trinajstić information content (AvgIpc) is 2.89. The molecule has 1 atom stereocenters. The predicted octanol–water partition coefficient (Wildman–Crippen LogP) is 2.25. The molecule has 0 radical (unpaired) electrons. The highest BCUT2D eigenvalue weighted by Gasteiger charge is 2.11. The molecule has 1 unspecified atom stereocenters. The van der Waals surface area contributed by atoms with Crippen LogP contribution in [0.2, 0.25) is 0 Å². The highest BCUT2D eigenvalue weighted by molar-refractivity contribution is 5.43. The SMILES string of the molecule is CNC(C)c1ccc(OCc2nnc(C)o2)c(OC)c1. The van der Waals surface area contributed by atoms with E-state index in [0.29, 0.717) is 23.3 Å². The van der Waals surface area contributed by atoms with Gasteiger partial charge in [0.15, 0.2) is 18.1 Å². The Kier molecular flexibility index (Phi) is 4.57. The molecule has 0 fully saturated rings. The molecule has 108 valence electrons. The number of benzene rings is 1. The van der Waals surface area contributed by atoms with E-state index in [2.05, 4.69) is 22.4 Å². The number of rotatable bonds is 6. The highest BCUT2D eigenvalue weighted by atomic mass is 16.5. The van der Waals surface area contributed by atoms with E-state index in [1.54, 1.807) is 14.0 Å². The van der Waals surface area contributed by atoms with Crippen LogP contribution < -0.4 is 14.8 Å². The average molecular weight is 277 g/mol. The van der Waals surface area contributed by atoms with Gasteiger partial charge < -0.3 is 19.2 Å². The fourth-order valence-electron chi connectivity index (χ4n) is 1.77. The minimum absolute atomic E-state index is 0.220. The van der Waals surface area contributed by atoms with Crippen LogP contribution in [-0.2, 0) is 6.61 Å². The maximum absolute atomic E-state index is 5.65. The van der Waals surface area contributed by atoms with Gasteiger partial charge in [-0.05, 0) is 31.7 Å². The second-order valence-corrected chi connectivity index (χ2v) is 4.42. The van der Waals surface area contributed by atoms with Crippen LogP contribution in [-0.4, -0.2) is 24.4 Å². The second kappa shape index (κ2) is 6.38. The summed E-state index contributed by atoms with van der Waals surface area (Å²) in [5, 5.41) is 10.8. The van der Waals surface area contributed by atoms with E-state index < -0.39 is 0 Å². The van der Waals surface area contributed by atoms with Crippen molar-refractivity contribution >= 4 is 0 Å². The molecule has 0 aliphatic carbocycles. The van der Waals surface area contributed by atoms with E-state index in [9.17, 15) is 0 Å². The van der Waals surface area contributed by atoms with Crippen molar-refractivity contribution in [2.24, 2.45) is 0 Å². The molecule has 1 aromatic heterocycles. The van der Waals surface area contributed by atoms with Gasteiger partial charge in [-0.1, -0.05) is 6.07 Å². The molecule has 20 heavy (non-hydrogen) atoms. The Balaban J connectivity index is 2.11. The summed E-state index contributed by atoms with van der Waals surface area (Å²) in [6, 6.07) is 6.08. The Morgan fingerprint density at radius 1 is 1.30 bits per heavy atom. The third-order valence-corrected chi connectivity index (χ3v) is 3.04. The molecule has 0 saturated carbocycles. The molecule has 2 rings (SSSR count). The number of nitrogens with zero attached hydrogens (tertiary/aromatic N) is 2. The van der Waals surface area contributed by atoms with Crippen molar-refractivity contribution in [2.75, 3.05) is 14.2 Å². The number of ether oxygens (including phenoxy) is 2. The summed E-state index contributed by atoms with van der Waals surface area (Å²) >= 11 is 0. The molecule has 1 aromatic carbocycles. The van der Waals surface area contributed by atoms with Gasteiger partial charge in [-0.2, -0.15) is 0 Å². The molecule has 0 amide bonds. The highest BCUT2D eigenvalue weighted by Crippen LogP contribution is 2.30. The first kappa shape index (κ1) is 14.3. The zero-order valence-corrected chi connectivity index (χ0v) is 12.1. The molecule has 0 saturated heterocycles. The van der Waals surface area contributed by atoms with Crippen molar-refractivity contribution in [1.29, 1.82) is 0 Å². The minimum atomic E-state index is 0.220. The topological polar surface area (TPSA) is 69.4 Å². The van der Waals surface area contributed by atoms with Crippen LogP contribution in [0, 0.1) is 6.92 Å². The van der Waals surface area contributed by atoms with E-state index in [1.807, 2.05) is 25.2 Å². The van der Waals surface area contributed by atoms with Gasteiger partial charge in [0, 0.05) is 13.0 Å². The lowest BCUT2D eigenvalue weighted by atomic mass is 10.1. The van der Waals surface area contributed by atoms with Crippen molar-refractivity contribution in [2.45, 2.75) is 26.5 Å². The van der Waals surface area contributed by atoms with E-state index in [4.69, 9.17) is 13.9 Å². The quantitative estimate of drug-likeness (QED) is 0.873. The largest absolute Gasteiger partial charge is 0.493 e. The Hall–Kier alpha value is -2.08. The third-order valence-electron chi connectivity index (χ3n) is 3.04. The van der Waals surface area contributed by atoms with Gasteiger partial charge in [-0.25, -0.2) is 0 Å². The lowest BCUT2D eigenvalue weighted by Gasteiger charge is -2.14. The Labute approximate surface area is 118 Å². The Morgan fingerprint density at radius 3 is 2.70 bits per heavy atom. The summed E-state index contributed by atoms with van der Waals surface area (Å²) in [5.74, 6) is 2.29. The van der Waals surface area contributed by atoms with Crippen LogP contribution in [0.4, 0.5) is 0 Å². The third kappa shape index (κ3) is 3.27. The van der Waals surface area contributed by atoms with Crippen molar-refractivity contribution in [3.8, 4) is 11.5 Å². The van der Waals surface area contributed by atoms with Gasteiger partial charge in [0.2, 0.25) is 5.89 Å². The molecule has 6 nitrogen and oxygen atoms in total. The van der Waals surface area contributed by atoms with Gasteiger partial charge in [0.05, 0.1) is 7.11 Å². The maximum atomic E-state index is 5.65. The first-order valence-corrected chi connectivity index (χ1v) is 6.41. The standard InChI is InChI=1S/C14H19N3O3/c1-9(15-3)11-5-6-12(13(7-11)18-4)19-8-14-17-16-10(2)20-14/h5-7,9,15H,8H2,1-4H3. The van der Waals surface area contributed by atoms with E-state index in [0.717, 1.165) is 5.56 Å². The van der Waals surface area contributed by atoms with Crippen LogP contribution in [0.15, 0.2) is 22.6 Å². The summed E-state index contributed by atoms with van der Waals surface area (Å²) in [6.45, 7) is 4.04. The van der Waals surface area contributed by atoms with Crippen LogP contribution in [0.1, 0.15) is 30.3 Å². The molecule has 0 spiro atoms. The summed E-state index contributed by atoms with van der Waals surface area (Å²) in [6.07, 6.45) is 0. The monoisotopic (exact) mass is 277 g/mol. The normalized spacial score (nSPS) is 12.2. The molecular formula is C14H19N3O3. The van der Waals surface area contributed by atoms with Crippen LogP contribution in [0.5, 0.6) is 11.5 Å². The summed E-state index contributed by atoms with van der Waals surface area (Å²) in [5.41, 5.74) is 1.13. The minimum Gasteiger partial charge on any atom is -0.493 e. The second-order valence-electron chi connectivity index (χ2n) is 4.42. The van der Waals surface area contributed by atoms with Gasteiger partial charge in [0.1, 0.15) is 0 Å². The van der Waals surface area contributed by atoms with Crippen molar-refractivity contribution in [3.05, 3.63) is 35.5 Å². The van der Waals surface area contributed by atoms with Gasteiger partial charge in [0.25, 0.3) is 5.89 Å². The van der Waals surface area contributed by atoms with Gasteiger partial charge in [-0.3, -0.25) is 0 Å². The molecule has 0 aliphatic rings. The molecule has 1 heterocycles. The summed E-state index contributed by atoms with van der Waals surface area (Å²) in [7, 11) is 3.53.